The van der Waals surface area contributed by atoms with Gasteiger partial charge in [-0.2, -0.15) is 0 Å². The molecule has 0 fully saturated rings. The van der Waals surface area contributed by atoms with E-state index in [1.807, 2.05) is 0 Å². The average molecular weight is 245 g/mol. The molecule has 0 radical (unpaired) electrons. The molecule has 0 saturated carbocycles. The quantitative estimate of drug-likeness (QED) is 0.771. The molecule has 7 heteroatoms. The van der Waals surface area contributed by atoms with Crippen LogP contribution in [0.5, 0.6) is 5.75 Å². The zero-order valence-electron chi connectivity index (χ0n) is 5.96. The number of benzene rings is 1. The molecule has 0 heterocycles. The van der Waals surface area contributed by atoms with E-state index in [2.05, 4.69) is 0 Å². The first-order valence-corrected chi connectivity index (χ1v) is 5.64. The van der Waals surface area contributed by atoms with Crippen LogP contribution in [0.3, 0.4) is 0 Å². The third-order valence-corrected chi connectivity index (χ3v) is 2.88. The monoisotopic (exact) mass is 244 g/mol. The lowest BCUT2D eigenvalue weighted by Gasteiger charge is -2.02. The maximum Gasteiger partial charge on any atom is 0.265 e. The Morgan fingerprint density at radius 3 is 2.38 bits per heavy atom. The fourth-order valence-electron chi connectivity index (χ4n) is 0.728. The second kappa shape index (κ2) is 3.32. The fourth-order valence-corrected chi connectivity index (χ4v) is 1.94. The van der Waals surface area contributed by atoms with Crippen molar-refractivity contribution in [1.29, 1.82) is 0 Å². The Morgan fingerprint density at radius 1 is 1.38 bits per heavy atom. The number of hydrogen-bond acceptors (Lipinski definition) is 3. The molecule has 0 saturated heterocycles. The van der Waals surface area contributed by atoms with Gasteiger partial charge in [-0.25, -0.2) is 12.8 Å². The molecule has 0 aliphatic heterocycles. The van der Waals surface area contributed by atoms with E-state index in [1.54, 1.807) is 0 Å². The highest BCUT2D eigenvalue weighted by Crippen LogP contribution is 2.33. The Kier molecular flexibility index (Phi) is 2.70. The predicted octanol–water partition coefficient (Wildman–Crippen LogP) is 2.11. The van der Waals surface area contributed by atoms with Crippen molar-refractivity contribution in [2.75, 3.05) is 0 Å². The summed E-state index contributed by atoms with van der Waals surface area (Å²) in [6.45, 7) is 0. The van der Waals surface area contributed by atoms with Crippen LogP contribution in [0.15, 0.2) is 17.0 Å². The topological polar surface area (TPSA) is 54.4 Å². The standard InChI is InChI=1S/C6H3Cl2FO3S/c7-4-1-3(9)2-5(6(4)10)13(8,11)12/h1-2,10H. The summed E-state index contributed by atoms with van der Waals surface area (Å²) in [5.74, 6) is -1.64. The van der Waals surface area contributed by atoms with Crippen molar-refractivity contribution in [2.24, 2.45) is 0 Å². The minimum atomic E-state index is -4.18. The third kappa shape index (κ3) is 2.24. The lowest BCUT2D eigenvalue weighted by Crippen LogP contribution is -1.93. The largest absolute Gasteiger partial charge is 0.505 e. The molecular weight excluding hydrogens is 242 g/mol. The van der Waals surface area contributed by atoms with Crippen LogP contribution in [-0.2, 0) is 9.05 Å². The molecule has 1 aromatic carbocycles. The third-order valence-electron chi connectivity index (χ3n) is 1.26. The van der Waals surface area contributed by atoms with Crippen LogP contribution in [-0.4, -0.2) is 13.5 Å². The van der Waals surface area contributed by atoms with Gasteiger partial charge in [-0.05, 0) is 12.1 Å². The second-order valence-corrected chi connectivity index (χ2v) is 5.11. The number of aromatic hydroxyl groups is 1. The molecule has 1 N–H and O–H groups in total. The van der Waals surface area contributed by atoms with Crippen LogP contribution in [0.25, 0.3) is 0 Å². The summed E-state index contributed by atoms with van der Waals surface area (Å²) >= 11 is 5.31. The van der Waals surface area contributed by atoms with Gasteiger partial charge in [0.2, 0.25) is 0 Å². The van der Waals surface area contributed by atoms with E-state index >= 15 is 0 Å². The summed E-state index contributed by atoms with van der Waals surface area (Å²) in [5.41, 5.74) is 0. The minimum Gasteiger partial charge on any atom is -0.505 e. The van der Waals surface area contributed by atoms with Gasteiger partial charge in [0.25, 0.3) is 9.05 Å². The molecule has 0 aliphatic rings. The Labute approximate surface area is 83.1 Å². The van der Waals surface area contributed by atoms with E-state index < -0.39 is 30.5 Å². The molecule has 0 aliphatic carbocycles. The molecule has 0 spiro atoms. The predicted molar refractivity (Wildman–Crippen MR) is 46.1 cm³/mol. The number of phenols is 1. The average Bonchev–Trinajstić information content (AvgIpc) is 1.94. The second-order valence-electron chi connectivity index (χ2n) is 2.17. The molecule has 1 rings (SSSR count). The van der Waals surface area contributed by atoms with Crippen molar-refractivity contribution in [3.8, 4) is 5.75 Å². The van der Waals surface area contributed by atoms with Gasteiger partial charge >= 0.3 is 0 Å². The van der Waals surface area contributed by atoms with Gasteiger partial charge in [-0.1, -0.05) is 11.6 Å². The highest BCUT2D eigenvalue weighted by molar-refractivity contribution is 8.13. The van der Waals surface area contributed by atoms with Crippen molar-refractivity contribution < 1.29 is 17.9 Å². The van der Waals surface area contributed by atoms with Crippen LogP contribution < -0.4 is 0 Å². The van der Waals surface area contributed by atoms with Gasteiger partial charge in [0.05, 0.1) is 5.02 Å². The lowest BCUT2D eigenvalue weighted by molar-refractivity contribution is 0.456. The SMILES string of the molecule is O=S(=O)(Cl)c1cc(F)cc(Cl)c1O. The van der Waals surface area contributed by atoms with Crippen LogP contribution >= 0.6 is 22.3 Å². The minimum absolute atomic E-state index is 0.403. The first-order valence-electron chi connectivity index (χ1n) is 2.95. The molecule has 1 aromatic rings. The molecule has 0 amide bonds. The molecule has 72 valence electrons. The van der Waals surface area contributed by atoms with Gasteiger partial charge in [0, 0.05) is 10.7 Å². The number of rotatable bonds is 1. The zero-order valence-corrected chi connectivity index (χ0v) is 8.29. The summed E-state index contributed by atoms with van der Waals surface area (Å²) in [6.07, 6.45) is 0. The Bertz CT molecular complexity index is 443. The van der Waals surface area contributed by atoms with Gasteiger partial charge in [0.1, 0.15) is 10.7 Å². The van der Waals surface area contributed by atoms with Crippen molar-refractivity contribution in [2.45, 2.75) is 4.90 Å². The van der Waals surface area contributed by atoms with Crippen LogP contribution in [0.1, 0.15) is 0 Å². The van der Waals surface area contributed by atoms with Crippen LogP contribution in [0, 0.1) is 5.82 Å². The number of halogens is 3. The van der Waals surface area contributed by atoms with Crippen molar-refractivity contribution in [3.05, 3.63) is 23.0 Å². The summed E-state index contributed by atoms with van der Waals surface area (Å²) < 4.78 is 34.1. The van der Waals surface area contributed by atoms with Crippen molar-refractivity contribution >= 4 is 31.3 Å². The number of hydrogen-bond donors (Lipinski definition) is 1. The maximum absolute atomic E-state index is 12.6. The highest BCUT2D eigenvalue weighted by atomic mass is 35.7. The van der Waals surface area contributed by atoms with E-state index in [0.717, 1.165) is 6.07 Å². The van der Waals surface area contributed by atoms with Crippen molar-refractivity contribution in [3.63, 3.8) is 0 Å². The molecule has 0 aromatic heterocycles. The smallest absolute Gasteiger partial charge is 0.265 e. The lowest BCUT2D eigenvalue weighted by atomic mass is 10.3. The summed E-state index contributed by atoms with van der Waals surface area (Å²) in [7, 11) is 0.714. The summed E-state index contributed by atoms with van der Waals surface area (Å²) in [4.78, 5) is -0.737. The summed E-state index contributed by atoms with van der Waals surface area (Å²) in [5, 5.41) is 8.69. The molecule has 13 heavy (non-hydrogen) atoms. The normalized spacial score (nSPS) is 11.6. The van der Waals surface area contributed by atoms with E-state index in [9.17, 15) is 12.8 Å². The molecule has 0 bridgehead atoms. The van der Waals surface area contributed by atoms with E-state index in [1.165, 1.54) is 0 Å². The molecular formula is C6H3Cl2FO3S. The fraction of sp³-hybridized carbons (Fsp3) is 0. The van der Waals surface area contributed by atoms with Gasteiger partial charge in [-0.3, -0.25) is 0 Å². The Morgan fingerprint density at radius 2 is 1.92 bits per heavy atom. The summed E-state index contributed by atoms with van der Waals surface area (Å²) in [6, 6.07) is 1.37. The van der Waals surface area contributed by atoms with Gasteiger partial charge in [-0.15, -0.1) is 0 Å². The van der Waals surface area contributed by atoms with Crippen LogP contribution in [0.2, 0.25) is 5.02 Å². The molecule has 0 atom stereocenters. The Balaban J connectivity index is 3.56. The highest BCUT2D eigenvalue weighted by Gasteiger charge is 2.19. The van der Waals surface area contributed by atoms with Gasteiger partial charge < -0.3 is 5.11 Å². The van der Waals surface area contributed by atoms with Gasteiger partial charge in [0.15, 0.2) is 5.75 Å². The van der Waals surface area contributed by atoms with Crippen LogP contribution in [0.4, 0.5) is 4.39 Å². The molecule has 3 nitrogen and oxygen atoms in total. The molecule has 0 unspecified atom stereocenters. The van der Waals surface area contributed by atoms with E-state index in [4.69, 9.17) is 27.4 Å². The van der Waals surface area contributed by atoms with E-state index in [-0.39, 0.29) is 0 Å². The van der Waals surface area contributed by atoms with E-state index in [0.29, 0.717) is 6.07 Å². The zero-order chi connectivity index (χ0) is 10.2. The Hall–Kier alpha value is -0.520. The van der Waals surface area contributed by atoms with Crippen molar-refractivity contribution in [1.82, 2.24) is 0 Å². The first-order chi connectivity index (χ1) is 5.82. The number of phenolic OH excluding ortho intramolecular Hbond substituents is 1. The first kappa shape index (κ1) is 10.6. The maximum atomic E-state index is 12.6.